The van der Waals surface area contributed by atoms with E-state index in [0.717, 1.165) is 11.1 Å². The smallest absolute Gasteiger partial charge is 0.0158 e. The fourth-order valence-corrected chi connectivity index (χ4v) is 5.23. The van der Waals surface area contributed by atoms with Crippen LogP contribution in [-0.2, 0) is 5.41 Å². The summed E-state index contributed by atoms with van der Waals surface area (Å²) in [6.45, 7) is 13.1. The summed E-state index contributed by atoms with van der Waals surface area (Å²) >= 11 is 0. The van der Waals surface area contributed by atoms with E-state index in [1.54, 1.807) is 0 Å². The summed E-state index contributed by atoms with van der Waals surface area (Å²) in [5, 5.41) is 0. The van der Waals surface area contributed by atoms with Gasteiger partial charge in [-0.15, -0.1) is 0 Å². The number of hydrogen-bond donors (Lipinski definition) is 0. The Morgan fingerprint density at radius 1 is 0.697 bits per heavy atom. The molecule has 4 aromatic rings. The summed E-state index contributed by atoms with van der Waals surface area (Å²) in [6.07, 6.45) is 4.12. The summed E-state index contributed by atoms with van der Waals surface area (Å²) in [5.41, 5.74) is 14.0. The largest absolute Gasteiger partial charge is 0.0912 e. The molecular weight excluding hydrogens is 396 g/mol. The van der Waals surface area contributed by atoms with Gasteiger partial charge < -0.3 is 0 Å². The van der Waals surface area contributed by atoms with Gasteiger partial charge in [0.25, 0.3) is 0 Å². The Balaban J connectivity index is 1.72. The Morgan fingerprint density at radius 3 is 2.24 bits per heavy atom. The van der Waals surface area contributed by atoms with Crippen molar-refractivity contribution in [2.75, 3.05) is 0 Å². The number of benzene rings is 4. The fraction of sp³-hybridized carbons (Fsp3) is 0.152. The molecule has 0 N–H and O–H groups in total. The molecule has 0 unspecified atom stereocenters. The number of aryl methyl sites for hydroxylation is 1. The van der Waals surface area contributed by atoms with Crippen LogP contribution in [0.5, 0.6) is 0 Å². The molecule has 0 amide bonds. The Hall–Kier alpha value is -3.64. The molecule has 4 aromatic carbocycles. The van der Waals surface area contributed by atoms with Crippen LogP contribution < -0.4 is 0 Å². The van der Waals surface area contributed by atoms with E-state index in [2.05, 4.69) is 118 Å². The maximum atomic E-state index is 4.27. The zero-order valence-electron chi connectivity index (χ0n) is 19.9. The third kappa shape index (κ3) is 3.56. The van der Waals surface area contributed by atoms with E-state index in [-0.39, 0.29) is 5.41 Å². The molecule has 0 fully saturated rings. The molecule has 0 heterocycles. The summed E-state index contributed by atoms with van der Waals surface area (Å²) < 4.78 is 0. The first-order valence-corrected chi connectivity index (χ1v) is 11.7. The van der Waals surface area contributed by atoms with Crippen molar-refractivity contribution >= 4 is 5.57 Å². The van der Waals surface area contributed by atoms with Gasteiger partial charge in [-0.3, -0.25) is 0 Å². The van der Waals surface area contributed by atoms with Crippen LogP contribution in [0.2, 0.25) is 0 Å². The second kappa shape index (κ2) is 8.05. The van der Waals surface area contributed by atoms with Crippen LogP contribution in [0.4, 0.5) is 0 Å². The highest BCUT2D eigenvalue weighted by molar-refractivity contribution is 5.91. The lowest BCUT2D eigenvalue weighted by molar-refractivity contribution is 0.660. The van der Waals surface area contributed by atoms with Crippen molar-refractivity contribution in [3.63, 3.8) is 0 Å². The molecule has 1 aliphatic rings. The monoisotopic (exact) mass is 426 g/mol. The molecule has 162 valence electrons. The van der Waals surface area contributed by atoms with Crippen LogP contribution in [0.1, 0.15) is 43.0 Å². The van der Waals surface area contributed by atoms with Gasteiger partial charge in [0.2, 0.25) is 0 Å². The van der Waals surface area contributed by atoms with Crippen LogP contribution in [0.3, 0.4) is 0 Å². The van der Waals surface area contributed by atoms with Gasteiger partial charge >= 0.3 is 0 Å². The van der Waals surface area contributed by atoms with Crippen molar-refractivity contribution in [3.05, 3.63) is 126 Å². The molecule has 0 saturated heterocycles. The Bertz CT molecular complexity index is 1410. The first-order valence-electron chi connectivity index (χ1n) is 11.7. The summed E-state index contributed by atoms with van der Waals surface area (Å²) in [5.74, 6) is 0. The number of fused-ring (bicyclic) bond motifs is 3. The summed E-state index contributed by atoms with van der Waals surface area (Å²) in [6, 6.07) is 31.4. The second-order valence-corrected chi connectivity index (χ2v) is 9.59. The number of allylic oxidation sites excluding steroid dienone is 3. The first-order chi connectivity index (χ1) is 15.9. The number of rotatable bonds is 4. The van der Waals surface area contributed by atoms with Crippen LogP contribution in [0, 0.1) is 6.92 Å². The van der Waals surface area contributed by atoms with Gasteiger partial charge in [-0.2, -0.15) is 0 Å². The minimum absolute atomic E-state index is 0.0257. The summed E-state index contributed by atoms with van der Waals surface area (Å²) in [7, 11) is 0. The molecule has 0 nitrogen and oxygen atoms in total. The van der Waals surface area contributed by atoms with Gasteiger partial charge in [-0.05, 0) is 81.6 Å². The van der Waals surface area contributed by atoms with Crippen molar-refractivity contribution in [2.24, 2.45) is 0 Å². The van der Waals surface area contributed by atoms with Crippen LogP contribution in [-0.4, -0.2) is 0 Å². The molecule has 0 spiro atoms. The normalized spacial score (nSPS) is 13.7. The van der Waals surface area contributed by atoms with Crippen molar-refractivity contribution < 1.29 is 0 Å². The molecule has 0 saturated carbocycles. The zero-order valence-corrected chi connectivity index (χ0v) is 19.9. The molecule has 0 radical (unpaired) electrons. The van der Waals surface area contributed by atoms with Crippen molar-refractivity contribution in [2.45, 2.75) is 33.1 Å². The highest BCUT2D eigenvalue weighted by Crippen LogP contribution is 2.50. The zero-order chi connectivity index (χ0) is 23.2. The van der Waals surface area contributed by atoms with E-state index in [4.69, 9.17) is 0 Å². The Labute approximate surface area is 198 Å². The minimum Gasteiger partial charge on any atom is -0.0912 e. The molecule has 0 aromatic heterocycles. The topological polar surface area (TPSA) is 0 Å². The lowest BCUT2D eigenvalue weighted by Gasteiger charge is -2.21. The maximum Gasteiger partial charge on any atom is 0.0158 e. The van der Waals surface area contributed by atoms with Crippen molar-refractivity contribution in [3.8, 4) is 33.4 Å². The van der Waals surface area contributed by atoms with Gasteiger partial charge in [0.05, 0.1) is 0 Å². The van der Waals surface area contributed by atoms with Crippen LogP contribution >= 0.6 is 0 Å². The molecule has 0 aliphatic heterocycles. The van der Waals surface area contributed by atoms with Gasteiger partial charge in [0.1, 0.15) is 0 Å². The second-order valence-electron chi connectivity index (χ2n) is 9.59. The van der Waals surface area contributed by atoms with Crippen molar-refractivity contribution in [1.82, 2.24) is 0 Å². The van der Waals surface area contributed by atoms with Gasteiger partial charge in [0.15, 0.2) is 0 Å². The molecule has 0 atom stereocenters. The molecule has 0 heteroatoms. The molecule has 1 aliphatic carbocycles. The first kappa shape index (κ1) is 21.2. The Kier molecular flexibility index (Phi) is 5.17. The number of hydrogen-bond acceptors (Lipinski definition) is 0. The quantitative estimate of drug-likeness (QED) is 0.285. The predicted molar refractivity (Wildman–Crippen MR) is 143 cm³/mol. The summed E-state index contributed by atoms with van der Waals surface area (Å²) in [4.78, 5) is 0. The average molecular weight is 427 g/mol. The lowest BCUT2D eigenvalue weighted by atomic mass is 9.82. The minimum atomic E-state index is 0.0257. The predicted octanol–water partition coefficient (Wildman–Crippen LogP) is 9.22. The van der Waals surface area contributed by atoms with Gasteiger partial charge in [-0.1, -0.05) is 111 Å². The van der Waals surface area contributed by atoms with E-state index >= 15 is 0 Å². The van der Waals surface area contributed by atoms with Crippen LogP contribution in [0.25, 0.3) is 39.0 Å². The standard InChI is InChI=1S/C33H30/c1-6-10-23(3)24-15-17-27(29(20-24)25-12-9-11-22(2)19-25)26-16-18-32-30(21-26)28-13-7-8-14-31(28)33(32,4)5/h6-21H,3H2,1-2,4-5H3/b10-6-. The maximum absolute atomic E-state index is 4.27. The van der Waals surface area contributed by atoms with E-state index in [1.165, 1.54) is 50.1 Å². The lowest BCUT2D eigenvalue weighted by Crippen LogP contribution is -2.14. The third-order valence-corrected chi connectivity index (χ3v) is 6.98. The molecule has 0 bridgehead atoms. The van der Waals surface area contributed by atoms with E-state index < -0.39 is 0 Å². The molecule has 33 heavy (non-hydrogen) atoms. The van der Waals surface area contributed by atoms with Gasteiger partial charge in [-0.25, -0.2) is 0 Å². The Morgan fingerprint density at radius 2 is 1.45 bits per heavy atom. The highest BCUT2D eigenvalue weighted by atomic mass is 14.4. The molecule has 5 rings (SSSR count). The van der Waals surface area contributed by atoms with E-state index in [0.29, 0.717) is 0 Å². The van der Waals surface area contributed by atoms with Gasteiger partial charge in [0, 0.05) is 5.41 Å². The fourth-order valence-electron chi connectivity index (χ4n) is 5.23. The third-order valence-electron chi connectivity index (χ3n) is 6.98. The van der Waals surface area contributed by atoms with Crippen LogP contribution in [0.15, 0.2) is 104 Å². The molecular formula is C33H30. The average Bonchev–Trinajstić information content (AvgIpc) is 3.05. The van der Waals surface area contributed by atoms with Crippen molar-refractivity contribution in [1.29, 1.82) is 0 Å². The highest BCUT2D eigenvalue weighted by Gasteiger charge is 2.35. The van der Waals surface area contributed by atoms with E-state index in [1.807, 2.05) is 13.0 Å². The SMILES string of the molecule is C=C(/C=C\C)c1ccc(-c2ccc3c(c2)-c2ccccc2C3(C)C)c(-c2cccc(C)c2)c1. The van der Waals surface area contributed by atoms with E-state index in [9.17, 15) is 0 Å².